The lowest BCUT2D eigenvalue weighted by molar-refractivity contribution is -0.141. The molecule has 2 rings (SSSR count). The van der Waals surface area contributed by atoms with Gasteiger partial charge in [0, 0.05) is 12.6 Å². The van der Waals surface area contributed by atoms with Crippen LogP contribution in [0, 0.1) is 6.92 Å². The third kappa shape index (κ3) is 4.34. The van der Waals surface area contributed by atoms with Gasteiger partial charge >= 0.3 is 6.18 Å². The molecule has 118 valence electrons. The van der Waals surface area contributed by atoms with E-state index in [-0.39, 0.29) is 11.6 Å². The van der Waals surface area contributed by atoms with Gasteiger partial charge in [-0.25, -0.2) is 9.97 Å². The standard InChI is InChI=1S/C15H16F3N3O/c1-10-20-13(15(16,17)18)9-14(21-10)19-7-6-11-4-3-5-12(8-11)22-2/h3-5,8-9H,6-7H2,1-2H3,(H,19,20,21). The van der Waals surface area contributed by atoms with Crippen LogP contribution in [-0.2, 0) is 12.6 Å². The van der Waals surface area contributed by atoms with Crippen molar-refractivity contribution in [3.8, 4) is 5.75 Å². The van der Waals surface area contributed by atoms with Gasteiger partial charge in [0.15, 0.2) is 0 Å². The Morgan fingerprint density at radius 1 is 1.18 bits per heavy atom. The van der Waals surface area contributed by atoms with E-state index >= 15 is 0 Å². The number of ether oxygens (including phenoxy) is 1. The van der Waals surface area contributed by atoms with Crippen LogP contribution in [0.3, 0.4) is 0 Å². The summed E-state index contributed by atoms with van der Waals surface area (Å²) >= 11 is 0. The number of hydrogen-bond donors (Lipinski definition) is 1. The molecular weight excluding hydrogens is 295 g/mol. The van der Waals surface area contributed by atoms with Crippen molar-refractivity contribution in [2.45, 2.75) is 19.5 Å². The van der Waals surface area contributed by atoms with Crippen LogP contribution in [0.4, 0.5) is 19.0 Å². The van der Waals surface area contributed by atoms with Gasteiger partial charge in [0.1, 0.15) is 23.1 Å². The summed E-state index contributed by atoms with van der Waals surface area (Å²) < 4.78 is 43.2. The zero-order chi connectivity index (χ0) is 16.2. The topological polar surface area (TPSA) is 47.0 Å². The van der Waals surface area contributed by atoms with Crippen LogP contribution < -0.4 is 10.1 Å². The quantitative estimate of drug-likeness (QED) is 0.918. The zero-order valence-corrected chi connectivity index (χ0v) is 12.2. The number of methoxy groups -OCH3 is 1. The van der Waals surface area contributed by atoms with Crippen LogP contribution in [0.2, 0.25) is 0 Å². The van der Waals surface area contributed by atoms with E-state index in [4.69, 9.17) is 4.74 Å². The lowest BCUT2D eigenvalue weighted by Gasteiger charge is -2.11. The van der Waals surface area contributed by atoms with Crippen molar-refractivity contribution >= 4 is 5.82 Å². The summed E-state index contributed by atoms with van der Waals surface area (Å²) in [7, 11) is 1.58. The van der Waals surface area contributed by atoms with Crippen molar-refractivity contribution in [2.24, 2.45) is 0 Å². The highest BCUT2D eigenvalue weighted by molar-refractivity contribution is 5.37. The van der Waals surface area contributed by atoms with Gasteiger partial charge in [0.25, 0.3) is 0 Å². The van der Waals surface area contributed by atoms with E-state index in [1.54, 1.807) is 7.11 Å². The van der Waals surface area contributed by atoms with Crippen LogP contribution in [0.1, 0.15) is 17.1 Å². The van der Waals surface area contributed by atoms with Crippen LogP contribution in [0.15, 0.2) is 30.3 Å². The molecule has 0 aliphatic rings. The fourth-order valence-corrected chi connectivity index (χ4v) is 1.97. The van der Waals surface area contributed by atoms with Crippen molar-refractivity contribution in [1.29, 1.82) is 0 Å². The molecule has 1 N–H and O–H groups in total. The maximum Gasteiger partial charge on any atom is 0.433 e. The number of anilines is 1. The Hall–Kier alpha value is -2.31. The Bertz CT molecular complexity index is 644. The predicted octanol–water partition coefficient (Wildman–Crippen LogP) is 3.47. The van der Waals surface area contributed by atoms with E-state index in [9.17, 15) is 13.2 Å². The Balaban J connectivity index is 2.01. The van der Waals surface area contributed by atoms with Gasteiger partial charge in [-0.05, 0) is 31.0 Å². The molecule has 2 aromatic rings. The van der Waals surface area contributed by atoms with Gasteiger partial charge in [0.2, 0.25) is 0 Å². The molecule has 22 heavy (non-hydrogen) atoms. The molecular formula is C15H16F3N3O. The highest BCUT2D eigenvalue weighted by Crippen LogP contribution is 2.28. The van der Waals surface area contributed by atoms with Crippen LogP contribution in [-0.4, -0.2) is 23.6 Å². The Labute approximate surface area is 126 Å². The molecule has 0 saturated carbocycles. The van der Waals surface area contributed by atoms with E-state index in [0.29, 0.717) is 13.0 Å². The van der Waals surface area contributed by atoms with Gasteiger partial charge in [-0.1, -0.05) is 12.1 Å². The fraction of sp³-hybridized carbons (Fsp3) is 0.333. The number of nitrogens with zero attached hydrogens (tertiary/aromatic N) is 2. The normalized spacial score (nSPS) is 11.3. The number of aryl methyl sites for hydroxylation is 1. The molecule has 1 heterocycles. The van der Waals surface area contributed by atoms with Crippen LogP contribution in [0.25, 0.3) is 0 Å². The first-order valence-corrected chi connectivity index (χ1v) is 6.68. The number of aromatic nitrogens is 2. The van der Waals surface area contributed by atoms with Gasteiger partial charge in [0.05, 0.1) is 7.11 Å². The van der Waals surface area contributed by atoms with E-state index in [0.717, 1.165) is 17.4 Å². The molecule has 0 fully saturated rings. The lowest BCUT2D eigenvalue weighted by Crippen LogP contribution is -2.13. The highest BCUT2D eigenvalue weighted by Gasteiger charge is 2.33. The molecule has 0 saturated heterocycles. The first-order valence-electron chi connectivity index (χ1n) is 6.68. The first-order chi connectivity index (χ1) is 10.4. The van der Waals surface area contributed by atoms with Crippen molar-refractivity contribution in [2.75, 3.05) is 19.0 Å². The van der Waals surface area contributed by atoms with Crippen molar-refractivity contribution < 1.29 is 17.9 Å². The third-order valence-electron chi connectivity index (χ3n) is 2.98. The summed E-state index contributed by atoms with van der Waals surface area (Å²) in [6.07, 6.45) is -3.83. The summed E-state index contributed by atoms with van der Waals surface area (Å²) in [6.45, 7) is 1.89. The molecule has 1 aromatic heterocycles. The SMILES string of the molecule is COc1cccc(CCNc2cc(C(F)(F)F)nc(C)n2)c1. The van der Waals surface area contributed by atoms with E-state index in [1.165, 1.54) is 6.92 Å². The minimum absolute atomic E-state index is 0.0821. The number of hydrogen-bond acceptors (Lipinski definition) is 4. The molecule has 0 spiro atoms. The Kier molecular flexibility index (Phi) is 4.85. The highest BCUT2D eigenvalue weighted by atomic mass is 19.4. The number of rotatable bonds is 5. The molecule has 0 unspecified atom stereocenters. The average Bonchev–Trinajstić information content (AvgIpc) is 2.46. The summed E-state index contributed by atoms with van der Waals surface area (Å²) in [6, 6.07) is 8.42. The molecule has 1 aromatic carbocycles. The summed E-state index contributed by atoms with van der Waals surface area (Å²) in [5.41, 5.74) is 0.0811. The van der Waals surface area contributed by atoms with Crippen molar-refractivity contribution in [1.82, 2.24) is 9.97 Å². The second-order valence-electron chi connectivity index (χ2n) is 4.71. The second-order valence-corrected chi connectivity index (χ2v) is 4.71. The third-order valence-corrected chi connectivity index (χ3v) is 2.98. The van der Waals surface area contributed by atoms with E-state index < -0.39 is 11.9 Å². The maximum atomic E-state index is 12.7. The minimum Gasteiger partial charge on any atom is -0.497 e. The molecule has 7 heteroatoms. The van der Waals surface area contributed by atoms with Gasteiger partial charge in [-0.3, -0.25) is 0 Å². The first kappa shape index (κ1) is 16.1. The molecule has 0 aliphatic heterocycles. The van der Waals surface area contributed by atoms with Crippen molar-refractivity contribution in [3.63, 3.8) is 0 Å². The van der Waals surface area contributed by atoms with Crippen LogP contribution in [0.5, 0.6) is 5.75 Å². The van der Waals surface area contributed by atoms with E-state index in [2.05, 4.69) is 15.3 Å². The molecule has 0 aliphatic carbocycles. The predicted molar refractivity (Wildman–Crippen MR) is 77.0 cm³/mol. The van der Waals surface area contributed by atoms with E-state index in [1.807, 2.05) is 24.3 Å². The molecule has 0 atom stereocenters. The maximum absolute atomic E-state index is 12.7. The molecule has 0 amide bonds. The summed E-state index contributed by atoms with van der Waals surface area (Å²) in [4.78, 5) is 7.37. The van der Waals surface area contributed by atoms with Gasteiger partial charge in [-0.2, -0.15) is 13.2 Å². The molecule has 0 radical (unpaired) electrons. The summed E-state index contributed by atoms with van der Waals surface area (Å²) in [5, 5.41) is 2.89. The average molecular weight is 311 g/mol. The van der Waals surface area contributed by atoms with Gasteiger partial charge in [-0.15, -0.1) is 0 Å². The minimum atomic E-state index is -4.48. The number of halogens is 3. The van der Waals surface area contributed by atoms with Crippen molar-refractivity contribution in [3.05, 3.63) is 47.4 Å². The zero-order valence-electron chi connectivity index (χ0n) is 12.2. The number of benzene rings is 1. The Morgan fingerprint density at radius 2 is 1.95 bits per heavy atom. The lowest BCUT2D eigenvalue weighted by atomic mass is 10.1. The largest absolute Gasteiger partial charge is 0.497 e. The summed E-state index contributed by atoms with van der Waals surface area (Å²) in [5.74, 6) is 0.996. The number of alkyl halides is 3. The molecule has 0 bridgehead atoms. The smallest absolute Gasteiger partial charge is 0.433 e. The van der Waals surface area contributed by atoms with Crippen LogP contribution >= 0.6 is 0 Å². The molecule has 4 nitrogen and oxygen atoms in total. The number of nitrogens with one attached hydrogen (secondary N) is 1. The second kappa shape index (κ2) is 6.64. The van der Waals surface area contributed by atoms with Gasteiger partial charge < -0.3 is 10.1 Å². The fourth-order valence-electron chi connectivity index (χ4n) is 1.97. The monoisotopic (exact) mass is 311 g/mol. The Morgan fingerprint density at radius 3 is 2.64 bits per heavy atom.